The Morgan fingerprint density at radius 2 is 1.88 bits per heavy atom. The van der Waals surface area contributed by atoms with Gasteiger partial charge in [-0.05, 0) is 54.8 Å². The van der Waals surface area contributed by atoms with Crippen molar-refractivity contribution in [1.29, 1.82) is 0 Å². The Morgan fingerprint density at radius 1 is 1.08 bits per heavy atom. The lowest BCUT2D eigenvalue weighted by molar-refractivity contribution is 0.385. The van der Waals surface area contributed by atoms with Gasteiger partial charge in [0.1, 0.15) is 5.75 Å². The lowest BCUT2D eigenvalue weighted by atomic mass is 10.1. The summed E-state index contributed by atoms with van der Waals surface area (Å²) in [6.07, 6.45) is 3.15. The number of nitrogens with zero attached hydrogens (tertiary/aromatic N) is 3. The van der Waals surface area contributed by atoms with Crippen molar-refractivity contribution in [3.63, 3.8) is 0 Å². The molecule has 0 saturated carbocycles. The predicted molar refractivity (Wildman–Crippen MR) is 97.0 cm³/mol. The fourth-order valence-corrected chi connectivity index (χ4v) is 3.20. The number of aromatic nitrogens is 2. The molecule has 128 valence electrons. The molecular formula is C20H21N3O2. The zero-order chi connectivity index (χ0) is 17.1. The van der Waals surface area contributed by atoms with E-state index in [1.807, 2.05) is 24.3 Å². The van der Waals surface area contributed by atoms with Gasteiger partial charge in [0.05, 0.1) is 13.5 Å². The first kappa shape index (κ1) is 15.7. The van der Waals surface area contributed by atoms with E-state index in [0.717, 1.165) is 30.0 Å². The highest BCUT2D eigenvalue weighted by molar-refractivity contribution is 5.60. The second kappa shape index (κ2) is 6.97. The van der Waals surface area contributed by atoms with Gasteiger partial charge in [0.2, 0.25) is 11.7 Å². The molecule has 1 fully saturated rings. The minimum absolute atomic E-state index is 0.593. The average Bonchev–Trinajstić information content (AvgIpc) is 3.34. The van der Waals surface area contributed by atoms with Gasteiger partial charge in [-0.3, -0.25) is 0 Å². The molecule has 2 heterocycles. The van der Waals surface area contributed by atoms with Crippen molar-refractivity contribution in [2.45, 2.75) is 19.3 Å². The van der Waals surface area contributed by atoms with E-state index in [4.69, 9.17) is 9.26 Å². The maximum absolute atomic E-state index is 5.41. The van der Waals surface area contributed by atoms with Crippen LogP contribution >= 0.6 is 0 Å². The number of methoxy groups -OCH3 is 1. The van der Waals surface area contributed by atoms with Gasteiger partial charge in [-0.1, -0.05) is 17.3 Å². The highest BCUT2D eigenvalue weighted by Gasteiger charge is 2.14. The summed E-state index contributed by atoms with van der Waals surface area (Å²) in [7, 11) is 1.66. The molecule has 0 unspecified atom stereocenters. The van der Waals surface area contributed by atoms with Gasteiger partial charge in [0, 0.05) is 24.3 Å². The van der Waals surface area contributed by atoms with Crippen molar-refractivity contribution < 1.29 is 9.26 Å². The van der Waals surface area contributed by atoms with Crippen LogP contribution in [0.4, 0.5) is 5.69 Å². The molecule has 1 aliphatic heterocycles. The Hall–Kier alpha value is -2.82. The Morgan fingerprint density at radius 3 is 2.64 bits per heavy atom. The molecule has 0 radical (unpaired) electrons. The summed E-state index contributed by atoms with van der Waals surface area (Å²) >= 11 is 0. The molecule has 0 aliphatic carbocycles. The van der Waals surface area contributed by atoms with Crippen molar-refractivity contribution in [2.75, 3.05) is 25.1 Å². The Labute approximate surface area is 147 Å². The third-order valence-electron chi connectivity index (χ3n) is 4.55. The van der Waals surface area contributed by atoms with Crippen LogP contribution in [0, 0.1) is 0 Å². The van der Waals surface area contributed by atoms with Gasteiger partial charge in [-0.2, -0.15) is 4.98 Å². The highest BCUT2D eigenvalue weighted by atomic mass is 16.5. The van der Waals surface area contributed by atoms with Crippen molar-refractivity contribution in [3.8, 4) is 17.1 Å². The van der Waals surface area contributed by atoms with E-state index in [2.05, 4.69) is 39.3 Å². The van der Waals surface area contributed by atoms with Crippen molar-refractivity contribution in [2.24, 2.45) is 0 Å². The molecule has 4 rings (SSSR count). The van der Waals surface area contributed by atoms with Gasteiger partial charge in [-0.15, -0.1) is 0 Å². The van der Waals surface area contributed by atoms with E-state index >= 15 is 0 Å². The summed E-state index contributed by atoms with van der Waals surface area (Å²) in [5, 5.41) is 4.12. The highest BCUT2D eigenvalue weighted by Crippen LogP contribution is 2.24. The summed E-state index contributed by atoms with van der Waals surface area (Å²) in [5.74, 6) is 2.06. The molecule has 0 amide bonds. The fourth-order valence-electron chi connectivity index (χ4n) is 3.20. The topological polar surface area (TPSA) is 51.4 Å². The van der Waals surface area contributed by atoms with Crippen LogP contribution in [0.3, 0.4) is 0 Å². The summed E-state index contributed by atoms with van der Waals surface area (Å²) in [6, 6.07) is 16.3. The zero-order valence-electron chi connectivity index (χ0n) is 14.3. The van der Waals surface area contributed by atoms with Crippen molar-refractivity contribution in [1.82, 2.24) is 10.1 Å². The molecule has 25 heavy (non-hydrogen) atoms. The maximum atomic E-state index is 5.41. The van der Waals surface area contributed by atoms with Crippen LogP contribution in [0.2, 0.25) is 0 Å². The van der Waals surface area contributed by atoms with Gasteiger partial charge in [0.15, 0.2) is 0 Å². The van der Waals surface area contributed by atoms with Gasteiger partial charge in [0.25, 0.3) is 0 Å². The molecule has 0 spiro atoms. The molecule has 0 bridgehead atoms. The number of benzene rings is 2. The largest absolute Gasteiger partial charge is 0.497 e. The number of rotatable bonds is 5. The van der Waals surface area contributed by atoms with Crippen LogP contribution in [0.25, 0.3) is 11.4 Å². The molecule has 5 nitrogen and oxygen atoms in total. The third kappa shape index (κ3) is 3.50. The van der Waals surface area contributed by atoms with E-state index in [1.165, 1.54) is 18.5 Å². The van der Waals surface area contributed by atoms with E-state index in [-0.39, 0.29) is 0 Å². The fraction of sp³-hybridized carbons (Fsp3) is 0.300. The summed E-state index contributed by atoms with van der Waals surface area (Å²) in [4.78, 5) is 6.94. The molecule has 0 N–H and O–H groups in total. The second-order valence-electron chi connectivity index (χ2n) is 6.28. The number of hydrogen-bond acceptors (Lipinski definition) is 5. The van der Waals surface area contributed by atoms with Crippen LogP contribution < -0.4 is 9.64 Å². The normalized spacial score (nSPS) is 14.0. The first-order valence-corrected chi connectivity index (χ1v) is 8.63. The SMILES string of the molecule is COc1cccc(Cc2nc(-c3ccc(N4CCCC4)cc3)no2)c1. The third-order valence-corrected chi connectivity index (χ3v) is 4.55. The zero-order valence-corrected chi connectivity index (χ0v) is 14.3. The van der Waals surface area contributed by atoms with Crippen molar-refractivity contribution in [3.05, 3.63) is 60.0 Å². The summed E-state index contributed by atoms with van der Waals surface area (Å²) in [6.45, 7) is 2.29. The first-order valence-electron chi connectivity index (χ1n) is 8.63. The molecule has 1 saturated heterocycles. The monoisotopic (exact) mass is 335 g/mol. The number of anilines is 1. The average molecular weight is 335 g/mol. The molecule has 3 aromatic rings. The first-order chi connectivity index (χ1) is 12.3. The van der Waals surface area contributed by atoms with E-state index in [9.17, 15) is 0 Å². The minimum Gasteiger partial charge on any atom is -0.497 e. The van der Waals surface area contributed by atoms with Crippen LogP contribution in [0.1, 0.15) is 24.3 Å². The molecule has 1 aliphatic rings. The standard InChI is InChI=1S/C20H21N3O2/c1-24-18-6-4-5-15(13-18)14-19-21-20(22-25-19)16-7-9-17(10-8-16)23-11-2-3-12-23/h4-10,13H,2-3,11-12,14H2,1H3. The van der Waals surface area contributed by atoms with Crippen LogP contribution in [0.15, 0.2) is 53.1 Å². The predicted octanol–water partition coefficient (Wildman–Crippen LogP) is 3.94. The molecule has 2 aromatic carbocycles. The Kier molecular flexibility index (Phi) is 4.37. The summed E-state index contributed by atoms with van der Waals surface area (Å²) in [5.41, 5.74) is 3.32. The second-order valence-corrected chi connectivity index (χ2v) is 6.28. The minimum atomic E-state index is 0.593. The maximum Gasteiger partial charge on any atom is 0.231 e. The van der Waals surface area contributed by atoms with E-state index in [1.54, 1.807) is 7.11 Å². The van der Waals surface area contributed by atoms with Crippen molar-refractivity contribution >= 4 is 5.69 Å². The molecule has 5 heteroatoms. The lowest BCUT2D eigenvalue weighted by Gasteiger charge is -2.17. The molecule has 1 aromatic heterocycles. The lowest BCUT2D eigenvalue weighted by Crippen LogP contribution is -2.17. The molecular weight excluding hydrogens is 314 g/mol. The van der Waals surface area contributed by atoms with Crippen LogP contribution in [-0.2, 0) is 6.42 Å². The quantitative estimate of drug-likeness (QED) is 0.707. The van der Waals surface area contributed by atoms with Crippen LogP contribution in [0.5, 0.6) is 5.75 Å². The number of hydrogen-bond donors (Lipinski definition) is 0. The Balaban J connectivity index is 1.48. The Bertz CT molecular complexity index is 836. The smallest absolute Gasteiger partial charge is 0.231 e. The van der Waals surface area contributed by atoms with Gasteiger partial charge >= 0.3 is 0 Å². The number of ether oxygens (including phenoxy) is 1. The van der Waals surface area contributed by atoms with Gasteiger partial charge in [-0.25, -0.2) is 0 Å². The van der Waals surface area contributed by atoms with E-state index < -0.39 is 0 Å². The molecule has 0 atom stereocenters. The van der Waals surface area contributed by atoms with E-state index in [0.29, 0.717) is 18.1 Å². The summed E-state index contributed by atoms with van der Waals surface area (Å²) < 4.78 is 10.7. The van der Waals surface area contributed by atoms with Crippen LogP contribution in [-0.4, -0.2) is 30.3 Å². The van der Waals surface area contributed by atoms with Gasteiger partial charge < -0.3 is 14.2 Å².